The number of aliphatic hydroxyl groups excluding tert-OH is 12. The Morgan fingerprint density at radius 2 is 1.27 bits per heavy atom. The second kappa shape index (κ2) is 42.2. The van der Waals surface area contributed by atoms with Crippen LogP contribution in [-0.2, 0) is 47.5 Å². The van der Waals surface area contributed by atoms with Crippen molar-refractivity contribution in [1.82, 2.24) is 0 Å². The lowest BCUT2D eigenvalue weighted by Crippen LogP contribution is -2.58. The monoisotopic (exact) mass is 1490 g/mol. The predicted molar refractivity (Wildman–Crippen MR) is 386 cm³/mol. The molecule has 5 aliphatic rings. The van der Waals surface area contributed by atoms with E-state index in [1.807, 2.05) is 34.6 Å². The van der Waals surface area contributed by atoms with Gasteiger partial charge in [0.2, 0.25) is 11.6 Å². The van der Waals surface area contributed by atoms with Gasteiger partial charge in [0.15, 0.2) is 24.1 Å². The highest BCUT2D eigenvalue weighted by atomic mass is 16.7. The molecule has 29 atom stereocenters. The second-order valence-electron chi connectivity index (χ2n) is 31.6. The number of hydrogen-bond donors (Lipinski definition) is 14. The number of ether oxygens (including phenoxy) is 7. The van der Waals surface area contributed by atoms with Gasteiger partial charge in [-0.05, 0) is 173 Å². The van der Waals surface area contributed by atoms with E-state index in [-0.39, 0.29) is 111 Å². The van der Waals surface area contributed by atoms with E-state index < -0.39 is 188 Å². The molecule has 0 spiro atoms. The Hall–Kier alpha value is -4.37. The third kappa shape index (κ3) is 27.6. The van der Waals surface area contributed by atoms with Crippen molar-refractivity contribution in [1.29, 1.82) is 0 Å². The third-order valence-corrected chi connectivity index (χ3v) is 21.7. The average molecular weight is 1490 g/mol. The second-order valence-corrected chi connectivity index (χ2v) is 31.6. The van der Waals surface area contributed by atoms with Gasteiger partial charge >= 0.3 is 11.9 Å². The highest BCUT2D eigenvalue weighted by Crippen LogP contribution is 2.39. The number of fused-ring (bicyclic) bond motifs is 3. The van der Waals surface area contributed by atoms with Crippen LogP contribution in [0.25, 0.3) is 0 Å². The fraction of sp³-hybridized carbons (Fsp3) is 0.785. The SMILES string of the molecule is CC(O)C(C)C1OC(=O)/C=C/C(C)C(O)CC(O)CCCC(O)CCC(C)C(O)C(=O)C2(O)CC(O)CC(CC(O)CC(O)CC(O)CCCC(O)/C=C/C1C)O2.CCC(OC1CC(C)(O)C(OC2CCC(OC(=O)C(C)C(O)c3ccc4c(c3)C(=O)C=C(C)C4=O)C(C)O2)C(C)O1)C(C)C(O)C(C)C. The molecule has 1 aromatic carbocycles. The molecule has 4 aliphatic heterocycles. The van der Waals surface area contributed by atoms with Crippen molar-refractivity contribution in [2.24, 2.45) is 41.4 Å². The minimum absolute atomic E-state index is 0.00607. The van der Waals surface area contributed by atoms with E-state index in [2.05, 4.69) is 0 Å². The van der Waals surface area contributed by atoms with Gasteiger partial charge in [-0.3, -0.25) is 19.2 Å². The summed E-state index contributed by atoms with van der Waals surface area (Å²) in [6, 6.07) is 4.51. The molecule has 0 saturated carbocycles. The lowest BCUT2D eigenvalue weighted by atomic mass is 9.86. The van der Waals surface area contributed by atoms with E-state index in [0.717, 1.165) is 0 Å². The molecule has 14 N–H and O–H groups in total. The van der Waals surface area contributed by atoms with Crippen molar-refractivity contribution in [3.63, 3.8) is 0 Å². The van der Waals surface area contributed by atoms with Crippen molar-refractivity contribution in [2.75, 3.05) is 0 Å². The van der Waals surface area contributed by atoms with E-state index in [4.69, 9.17) is 33.2 Å². The zero-order valence-electron chi connectivity index (χ0n) is 64.2. The number of hydrogen-bond acceptors (Lipinski definition) is 26. The van der Waals surface area contributed by atoms with Crippen LogP contribution in [0.15, 0.2) is 54.2 Å². The number of allylic oxidation sites excluding steroid dienone is 2. The average Bonchev–Trinajstić information content (AvgIpc) is 0.799. The summed E-state index contributed by atoms with van der Waals surface area (Å²) in [4.78, 5) is 64.2. The maximum absolute atomic E-state index is 13.3. The van der Waals surface area contributed by atoms with E-state index in [0.29, 0.717) is 49.7 Å². The maximum Gasteiger partial charge on any atom is 0.330 e. The van der Waals surface area contributed by atoms with Crippen molar-refractivity contribution in [3.05, 3.63) is 70.8 Å². The van der Waals surface area contributed by atoms with Crippen molar-refractivity contribution in [3.8, 4) is 0 Å². The van der Waals surface area contributed by atoms with Gasteiger partial charge in [-0.15, -0.1) is 0 Å². The summed E-state index contributed by atoms with van der Waals surface area (Å²) < 4.78 is 41.9. The standard InChI is InChI=1S/C42H74O15.C37H54O11/c1-24-14-17-38(52)56-40(27(4)28(5)43)26(3)13-16-30(45)8-6-10-31(46)18-33(48)19-34(49)20-36-21-35(50)23-42(55,57-36)41(54)39(53)25(2)12-15-29(44)9-7-11-32(47)22-37(24)51;1-10-28(20(5)32(39)18(2)3)46-31-17-37(9,43)35(23(8)45-31)48-30-14-13-29(22(7)44-30)47-36(42)21(6)34(41)24-11-12-25-26(16-24)27(38)15-19(4)33(25)40/h13-14,16-17,24-37,39-40,43-51,53,55H,6-12,15,18-23H2,1-5H3;11-12,15-16,18,20-23,28-32,34-35,39,41,43H,10,13-14,17H2,1-9H3/b16-13+,17-14+;. The number of benzene rings is 1. The van der Waals surface area contributed by atoms with Gasteiger partial charge in [-0.2, -0.15) is 0 Å². The molecule has 29 unspecified atom stereocenters. The number of Topliss-reactive ketones (excluding diaryl/α,β-unsaturated/α-hetero) is 2. The van der Waals surface area contributed by atoms with Crippen LogP contribution in [0.2, 0.25) is 0 Å². The highest BCUT2D eigenvalue weighted by molar-refractivity contribution is 6.24. The summed E-state index contributed by atoms with van der Waals surface area (Å²) in [5.41, 5.74) is -0.118. The lowest BCUT2D eigenvalue weighted by Gasteiger charge is -2.47. The Morgan fingerprint density at radius 1 is 0.657 bits per heavy atom. The lowest BCUT2D eigenvalue weighted by molar-refractivity contribution is -0.330. The van der Waals surface area contributed by atoms with Gasteiger partial charge < -0.3 is 105 Å². The van der Waals surface area contributed by atoms with Crippen LogP contribution >= 0.6 is 0 Å². The van der Waals surface area contributed by atoms with E-state index in [9.17, 15) is 95.5 Å². The smallest absolute Gasteiger partial charge is 0.330 e. The normalized spacial score (nSPS) is 38.1. The Balaban J connectivity index is 0.000000382. The Bertz CT molecular complexity index is 2970. The highest BCUT2D eigenvalue weighted by Gasteiger charge is 2.51. The van der Waals surface area contributed by atoms with Gasteiger partial charge in [0, 0.05) is 65.7 Å². The topological polar surface area (TPSA) is 433 Å². The van der Waals surface area contributed by atoms with Gasteiger partial charge in [-0.25, -0.2) is 4.79 Å². The molecule has 600 valence electrons. The number of carbonyl (C=O) groups excluding carboxylic acids is 5. The summed E-state index contributed by atoms with van der Waals surface area (Å²) >= 11 is 0. The van der Waals surface area contributed by atoms with Gasteiger partial charge in [0.25, 0.3) is 0 Å². The zero-order valence-corrected chi connectivity index (χ0v) is 64.2. The van der Waals surface area contributed by atoms with E-state index in [1.165, 1.54) is 30.4 Å². The zero-order chi connectivity index (χ0) is 78.7. The summed E-state index contributed by atoms with van der Waals surface area (Å²) in [5, 5.41) is 150. The minimum atomic E-state index is -2.52. The van der Waals surface area contributed by atoms with Crippen LogP contribution in [0.5, 0.6) is 0 Å². The van der Waals surface area contributed by atoms with Gasteiger partial charge in [0.05, 0.1) is 103 Å². The molecule has 6 rings (SSSR count). The molecule has 105 heavy (non-hydrogen) atoms. The predicted octanol–water partition coefficient (Wildman–Crippen LogP) is 6.15. The first kappa shape index (κ1) is 91.2. The molecule has 1 aromatic rings. The van der Waals surface area contributed by atoms with E-state index in [1.54, 1.807) is 80.5 Å². The van der Waals surface area contributed by atoms with Crippen molar-refractivity contribution in [2.45, 2.75) is 352 Å². The summed E-state index contributed by atoms with van der Waals surface area (Å²) in [5.74, 6) is -8.49. The van der Waals surface area contributed by atoms with Crippen LogP contribution in [-0.4, -0.2) is 235 Å². The first-order valence-electron chi connectivity index (χ1n) is 38.2. The van der Waals surface area contributed by atoms with Gasteiger partial charge in [0.1, 0.15) is 24.4 Å². The van der Waals surface area contributed by atoms with Gasteiger partial charge in [-0.1, -0.05) is 79.7 Å². The number of aliphatic hydroxyl groups is 14. The molecule has 2 bridgehead atoms. The first-order valence-corrected chi connectivity index (χ1v) is 38.2. The molecule has 0 amide bonds. The molecular formula is C79H128O26. The Labute approximate surface area is 620 Å². The van der Waals surface area contributed by atoms with Crippen LogP contribution in [0, 0.1) is 41.4 Å². The maximum atomic E-state index is 13.3. The first-order chi connectivity index (χ1) is 49.1. The van der Waals surface area contributed by atoms with Crippen LogP contribution < -0.4 is 0 Å². The molecule has 26 heteroatoms. The van der Waals surface area contributed by atoms with Crippen molar-refractivity contribution >= 4 is 29.3 Å². The van der Waals surface area contributed by atoms with Crippen LogP contribution in [0.4, 0.5) is 0 Å². The minimum Gasteiger partial charge on any atom is -0.459 e. The third-order valence-electron chi connectivity index (χ3n) is 21.7. The molecule has 3 fully saturated rings. The number of esters is 2. The van der Waals surface area contributed by atoms with Crippen molar-refractivity contribution < 1.29 is 129 Å². The Kier molecular flexibility index (Phi) is 36.6. The molecule has 0 aromatic heterocycles. The quantitative estimate of drug-likeness (QED) is 0.0733. The summed E-state index contributed by atoms with van der Waals surface area (Å²) in [7, 11) is 0. The Morgan fingerprint density at radius 3 is 1.90 bits per heavy atom. The van der Waals surface area contributed by atoms with Crippen LogP contribution in [0.1, 0.15) is 245 Å². The fourth-order valence-electron chi connectivity index (χ4n) is 14.6. The summed E-state index contributed by atoms with van der Waals surface area (Å²) in [6.07, 6.45) is -7.44. The number of rotatable bonds is 14. The molecule has 1 aliphatic carbocycles. The van der Waals surface area contributed by atoms with Crippen LogP contribution in [0.3, 0.4) is 0 Å². The molecular weight excluding hydrogens is 1360 g/mol. The molecule has 4 heterocycles. The number of ketones is 3. The fourth-order valence-corrected chi connectivity index (χ4v) is 14.6. The number of carbonyl (C=O) groups is 5. The summed E-state index contributed by atoms with van der Waals surface area (Å²) in [6.45, 7) is 24.7. The number of cyclic esters (lactones) is 1. The van der Waals surface area contributed by atoms with E-state index >= 15 is 0 Å². The molecule has 26 nitrogen and oxygen atoms in total. The largest absolute Gasteiger partial charge is 0.459 e. The molecule has 3 saturated heterocycles. The molecule has 0 radical (unpaired) electrons.